The van der Waals surface area contributed by atoms with Gasteiger partial charge in [-0.25, -0.2) is 9.48 Å². The van der Waals surface area contributed by atoms with Gasteiger partial charge >= 0.3 is 5.69 Å². The van der Waals surface area contributed by atoms with Gasteiger partial charge in [0.15, 0.2) is 5.65 Å². The van der Waals surface area contributed by atoms with Crippen LogP contribution in [0.25, 0.3) is 27.9 Å². The molecule has 0 unspecified atom stereocenters. The van der Waals surface area contributed by atoms with Gasteiger partial charge in [0.1, 0.15) is 11.5 Å². The van der Waals surface area contributed by atoms with Gasteiger partial charge in [-0.1, -0.05) is 28.9 Å². The minimum atomic E-state index is -0.358. The zero-order valence-electron chi connectivity index (χ0n) is 15.9. The topological polar surface area (TPSA) is 91.1 Å². The van der Waals surface area contributed by atoms with Crippen LogP contribution in [0, 0.1) is 6.92 Å². The molecule has 0 fully saturated rings. The van der Waals surface area contributed by atoms with E-state index in [9.17, 15) is 4.79 Å². The lowest BCUT2D eigenvalue weighted by Crippen LogP contribution is -2.23. The maximum atomic E-state index is 12.9. The Kier molecular flexibility index (Phi) is 4.40. The van der Waals surface area contributed by atoms with Gasteiger partial charge in [-0.3, -0.25) is 4.98 Å². The highest BCUT2D eigenvalue weighted by molar-refractivity contribution is 6.30. The summed E-state index contributed by atoms with van der Waals surface area (Å²) in [6.45, 7) is 1.98. The Morgan fingerprint density at radius 1 is 1.07 bits per heavy atom. The second-order valence-corrected chi connectivity index (χ2v) is 7.22. The van der Waals surface area contributed by atoms with Gasteiger partial charge in [0, 0.05) is 34.6 Å². The zero-order chi connectivity index (χ0) is 20.7. The minimum Gasteiger partial charge on any atom is -0.361 e. The first-order valence-electron chi connectivity index (χ1n) is 9.17. The van der Waals surface area contributed by atoms with E-state index in [0.29, 0.717) is 22.1 Å². The summed E-state index contributed by atoms with van der Waals surface area (Å²) < 4.78 is 7.72. The van der Waals surface area contributed by atoms with Crippen LogP contribution in [0.1, 0.15) is 11.5 Å². The molecule has 0 aliphatic carbocycles. The molecule has 4 aromatic heterocycles. The molecular formula is C21H15ClN6O2. The maximum absolute atomic E-state index is 12.9. The van der Waals surface area contributed by atoms with Crippen molar-refractivity contribution in [2.45, 2.75) is 13.5 Å². The van der Waals surface area contributed by atoms with E-state index >= 15 is 0 Å². The van der Waals surface area contributed by atoms with Gasteiger partial charge in [-0.15, -0.1) is 5.10 Å². The normalized spacial score (nSPS) is 11.3. The molecule has 8 nitrogen and oxygen atoms in total. The number of aryl methyl sites for hydroxylation is 1. The van der Waals surface area contributed by atoms with Gasteiger partial charge in [-0.2, -0.15) is 9.61 Å². The third-order valence-electron chi connectivity index (χ3n) is 4.73. The third kappa shape index (κ3) is 3.17. The van der Waals surface area contributed by atoms with Crippen LogP contribution in [0.3, 0.4) is 0 Å². The number of nitrogens with zero attached hydrogens (tertiary/aromatic N) is 6. The third-order valence-corrected chi connectivity index (χ3v) is 4.98. The molecule has 1 aromatic carbocycles. The molecule has 4 heterocycles. The number of fused-ring (bicyclic) bond motifs is 1. The number of benzene rings is 1. The molecule has 5 rings (SSSR count). The summed E-state index contributed by atoms with van der Waals surface area (Å²) in [5, 5.41) is 13.5. The largest absolute Gasteiger partial charge is 0.367 e. The van der Waals surface area contributed by atoms with Gasteiger partial charge in [0.25, 0.3) is 0 Å². The van der Waals surface area contributed by atoms with Crippen LogP contribution in [0.15, 0.2) is 70.4 Å². The molecule has 0 saturated heterocycles. The fourth-order valence-electron chi connectivity index (χ4n) is 3.36. The minimum absolute atomic E-state index is 0.186. The van der Waals surface area contributed by atoms with E-state index in [1.54, 1.807) is 31.6 Å². The van der Waals surface area contributed by atoms with E-state index in [0.717, 1.165) is 22.3 Å². The highest BCUT2D eigenvalue weighted by Crippen LogP contribution is 2.34. The van der Waals surface area contributed by atoms with Gasteiger partial charge < -0.3 is 4.52 Å². The smallest absolute Gasteiger partial charge is 0.361 e. The molecule has 5 aromatic rings. The van der Waals surface area contributed by atoms with E-state index in [2.05, 4.69) is 20.3 Å². The van der Waals surface area contributed by atoms with E-state index in [-0.39, 0.29) is 12.2 Å². The average Bonchev–Trinajstić information content (AvgIpc) is 3.31. The Bertz CT molecular complexity index is 1400. The standard InChI is InChI=1S/C21H15ClN6O2/c1-13-10-17(26-30-13)12-27-21(29)28-20(25-27)19(15-6-8-23-9-7-15)18(11-24-28)14-2-4-16(22)5-3-14/h2-11H,12H2,1H3. The van der Waals surface area contributed by atoms with Crippen molar-refractivity contribution in [1.82, 2.24) is 29.5 Å². The number of hydrogen-bond acceptors (Lipinski definition) is 6. The average molecular weight is 419 g/mol. The molecule has 0 aliphatic heterocycles. The Hall–Kier alpha value is -3.78. The fraction of sp³-hybridized carbons (Fsp3) is 0.0952. The SMILES string of the molecule is Cc1cc(Cn2nc3c(-c4ccncc4)c(-c4ccc(Cl)cc4)cnn3c2=O)no1. The number of aromatic nitrogens is 6. The van der Waals surface area contributed by atoms with Crippen LogP contribution in [0.4, 0.5) is 0 Å². The molecule has 9 heteroatoms. The van der Waals surface area contributed by atoms with Gasteiger partial charge in [0.05, 0.1) is 12.7 Å². The van der Waals surface area contributed by atoms with Crippen LogP contribution in [-0.4, -0.2) is 29.5 Å². The van der Waals surface area contributed by atoms with Gasteiger partial charge in [-0.05, 0) is 42.3 Å². The zero-order valence-corrected chi connectivity index (χ0v) is 16.6. The molecule has 148 valence electrons. The van der Waals surface area contributed by atoms with Crippen molar-refractivity contribution in [3.63, 3.8) is 0 Å². The molecule has 0 aliphatic rings. The Morgan fingerprint density at radius 3 is 2.53 bits per heavy atom. The maximum Gasteiger partial charge on any atom is 0.367 e. The van der Waals surface area contributed by atoms with Crippen LogP contribution < -0.4 is 5.69 Å². The fourth-order valence-corrected chi connectivity index (χ4v) is 3.49. The van der Waals surface area contributed by atoms with Crippen molar-refractivity contribution in [2.75, 3.05) is 0 Å². The first kappa shape index (κ1) is 18.3. The van der Waals surface area contributed by atoms with Crippen molar-refractivity contribution in [3.05, 3.63) is 88.0 Å². The lowest BCUT2D eigenvalue weighted by atomic mass is 9.98. The molecule has 0 N–H and O–H groups in total. The predicted octanol–water partition coefficient (Wildman–Crippen LogP) is 3.62. The highest BCUT2D eigenvalue weighted by Gasteiger charge is 2.19. The van der Waals surface area contributed by atoms with Crippen LogP contribution in [0.5, 0.6) is 0 Å². The molecular weight excluding hydrogens is 404 g/mol. The van der Waals surface area contributed by atoms with Crippen LogP contribution in [-0.2, 0) is 6.54 Å². The summed E-state index contributed by atoms with van der Waals surface area (Å²) in [5.74, 6) is 0.669. The Morgan fingerprint density at radius 2 is 1.83 bits per heavy atom. The molecule has 30 heavy (non-hydrogen) atoms. The lowest BCUT2D eigenvalue weighted by molar-refractivity contribution is 0.387. The molecule has 0 saturated carbocycles. The molecule has 0 atom stereocenters. The molecule has 0 radical (unpaired) electrons. The summed E-state index contributed by atoms with van der Waals surface area (Å²) in [7, 11) is 0. The second kappa shape index (κ2) is 7.23. The Labute approximate surface area is 175 Å². The number of rotatable bonds is 4. The highest BCUT2D eigenvalue weighted by atomic mass is 35.5. The monoisotopic (exact) mass is 418 g/mol. The van der Waals surface area contributed by atoms with Crippen LogP contribution in [0.2, 0.25) is 5.02 Å². The summed E-state index contributed by atoms with van der Waals surface area (Å²) in [5.41, 5.74) is 4.10. The summed E-state index contributed by atoms with van der Waals surface area (Å²) in [4.78, 5) is 17.0. The van der Waals surface area contributed by atoms with E-state index in [1.165, 1.54) is 9.20 Å². The molecule has 0 bridgehead atoms. The van der Waals surface area contributed by atoms with Crippen molar-refractivity contribution >= 4 is 17.2 Å². The first-order valence-corrected chi connectivity index (χ1v) is 9.55. The number of hydrogen-bond donors (Lipinski definition) is 0. The lowest BCUT2D eigenvalue weighted by Gasteiger charge is -2.10. The number of pyridine rings is 1. The van der Waals surface area contributed by atoms with Crippen molar-refractivity contribution in [1.29, 1.82) is 0 Å². The predicted molar refractivity (Wildman–Crippen MR) is 111 cm³/mol. The van der Waals surface area contributed by atoms with Gasteiger partial charge in [0.2, 0.25) is 0 Å². The summed E-state index contributed by atoms with van der Waals surface area (Å²) in [6.07, 6.45) is 5.07. The quantitative estimate of drug-likeness (QED) is 0.442. The second-order valence-electron chi connectivity index (χ2n) is 6.78. The van der Waals surface area contributed by atoms with Crippen molar-refractivity contribution in [2.24, 2.45) is 0 Å². The van der Waals surface area contributed by atoms with Crippen LogP contribution >= 0.6 is 11.6 Å². The van der Waals surface area contributed by atoms with E-state index < -0.39 is 0 Å². The van der Waals surface area contributed by atoms with Crippen molar-refractivity contribution < 1.29 is 4.52 Å². The molecule has 0 spiro atoms. The van der Waals surface area contributed by atoms with Crippen molar-refractivity contribution in [3.8, 4) is 22.3 Å². The van der Waals surface area contributed by atoms with E-state index in [4.69, 9.17) is 16.1 Å². The summed E-state index contributed by atoms with van der Waals surface area (Å²) in [6, 6.07) is 13.0. The number of halogens is 1. The van der Waals surface area contributed by atoms with E-state index in [1.807, 2.05) is 36.4 Å². The summed E-state index contributed by atoms with van der Waals surface area (Å²) >= 11 is 6.06. The first-order chi connectivity index (χ1) is 14.6. The Balaban J connectivity index is 1.75. The molecule has 0 amide bonds.